The van der Waals surface area contributed by atoms with Gasteiger partial charge in [0.25, 0.3) is 0 Å². The Hall–Kier alpha value is -8.05. The second-order valence-corrected chi connectivity index (χ2v) is 17.0. The topological polar surface area (TPSA) is 29.3 Å². The predicted octanol–water partition coefficient (Wildman–Crippen LogP) is 17.2. The van der Waals surface area contributed by atoms with Gasteiger partial charge in [-0.3, -0.25) is 0 Å². The molecule has 0 unspecified atom stereocenters. The summed E-state index contributed by atoms with van der Waals surface area (Å²) in [5, 5.41) is 4.84. The first-order valence-electron chi connectivity index (χ1n) is 21.3. The van der Waals surface area contributed by atoms with Crippen LogP contribution in [0.25, 0.3) is 98.0 Å². The molecule has 0 saturated carbocycles. The summed E-state index contributed by atoms with van der Waals surface area (Å²) in [6.45, 7) is 0. The molecule has 0 saturated heterocycles. The zero-order valence-corrected chi connectivity index (χ0v) is 35.0. The van der Waals surface area contributed by atoms with Crippen molar-refractivity contribution >= 4 is 70.4 Å². The Bertz CT molecular complexity index is 3610. The molecule has 0 aliphatic heterocycles. The number of oxazole rings is 1. The lowest BCUT2D eigenvalue weighted by atomic mass is 9.92. The highest BCUT2D eigenvalue weighted by Gasteiger charge is 2.21. The van der Waals surface area contributed by atoms with Crippen LogP contribution < -0.4 is 4.90 Å². The normalized spacial score (nSPS) is 11.5. The van der Waals surface area contributed by atoms with Crippen molar-refractivity contribution in [3.05, 3.63) is 231 Å². The van der Waals surface area contributed by atoms with E-state index in [1.807, 2.05) is 30.3 Å². The SMILES string of the molecule is c1ccc(-c2nc3cc4sc5ccc(-c6ccc(N(c7ccccc7)c7ccc(-c8ccccc8)c(-c8ccc9ccccc9c8)c7)c(-c7ccccc7)c6)cc5c4cc3o2)cc1. The number of anilines is 3. The Balaban J connectivity index is 1.02. The average molecular weight is 823 g/mol. The van der Waals surface area contributed by atoms with Crippen LogP contribution in [0, 0.1) is 0 Å². The number of fused-ring (bicyclic) bond motifs is 5. The fourth-order valence-electron chi connectivity index (χ4n) is 8.98. The van der Waals surface area contributed by atoms with Crippen LogP contribution in [0.4, 0.5) is 17.1 Å². The van der Waals surface area contributed by atoms with Gasteiger partial charge >= 0.3 is 0 Å². The molecule has 0 spiro atoms. The molecule has 2 aromatic heterocycles. The molecule has 0 aliphatic carbocycles. The summed E-state index contributed by atoms with van der Waals surface area (Å²) in [5.41, 5.74) is 15.2. The van der Waals surface area contributed by atoms with Crippen LogP contribution in [-0.4, -0.2) is 4.98 Å². The van der Waals surface area contributed by atoms with Crippen molar-refractivity contribution in [2.75, 3.05) is 4.90 Å². The van der Waals surface area contributed by atoms with E-state index in [4.69, 9.17) is 9.40 Å². The van der Waals surface area contributed by atoms with Gasteiger partial charge < -0.3 is 9.32 Å². The van der Waals surface area contributed by atoms with Crippen LogP contribution in [0.5, 0.6) is 0 Å². The number of benzene rings is 10. The number of rotatable bonds is 8. The maximum atomic E-state index is 6.34. The first-order valence-corrected chi connectivity index (χ1v) is 22.1. The highest BCUT2D eigenvalue weighted by atomic mass is 32.1. The standard InChI is InChI=1S/C59H38N2OS/c1-5-16-40(17-6-1)49-30-29-48(36-50(49)46-26-25-39-15-13-14-22-43(39)33-46)61(47-23-11-4-12-24-47)55-31-27-44(34-51(55)41-18-7-2-8-19-41)45-28-32-57-52(35-45)53-37-56-54(38-58(53)63-57)60-59(62-56)42-20-9-3-10-21-42/h1-38H. The fourth-order valence-corrected chi connectivity index (χ4v) is 10.1. The first-order chi connectivity index (χ1) is 31.2. The van der Waals surface area contributed by atoms with Crippen molar-refractivity contribution in [3.8, 4) is 56.0 Å². The number of hydrogen-bond donors (Lipinski definition) is 0. The van der Waals surface area contributed by atoms with Crippen molar-refractivity contribution in [3.63, 3.8) is 0 Å². The number of nitrogens with zero attached hydrogens (tertiary/aromatic N) is 2. The lowest BCUT2D eigenvalue weighted by Crippen LogP contribution is -2.11. The summed E-state index contributed by atoms with van der Waals surface area (Å²) in [4.78, 5) is 7.27. The summed E-state index contributed by atoms with van der Waals surface area (Å²) in [5.74, 6) is 0.642. The van der Waals surface area contributed by atoms with Gasteiger partial charge in [-0.25, -0.2) is 4.98 Å². The Labute approximate surface area is 369 Å². The van der Waals surface area contributed by atoms with Crippen LogP contribution in [0.1, 0.15) is 0 Å². The monoisotopic (exact) mass is 822 g/mol. The van der Waals surface area contributed by atoms with E-state index in [0.29, 0.717) is 5.89 Å². The third-order valence-electron chi connectivity index (χ3n) is 12.1. The van der Waals surface area contributed by atoms with E-state index < -0.39 is 0 Å². The van der Waals surface area contributed by atoms with Crippen molar-refractivity contribution in [1.82, 2.24) is 4.98 Å². The highest BCUT2D eigenvalue weighted by Crippen LogP contribution is 2.46. The van der Waals surface area contributed by atoms with Gasteiger partial charge in [0.15, 0.2) is 5.58 Å². The third kappa shape index (κ3) is 6.74. The quantitative estimate of drug-likeness (QED) is 0.153. The van der Waals surface area contributed by atoms with Crippen molar-refractivity contribution in [2.24, 2.45) is 0 Å². The maximum Gasteiger partial charge on any atom is 0.227 e. The van der Waals surface area contributed by atoms with E-state index >= 15 is 0 Å². The van der Waals surface area contributed by atoms with Gasteiger partial charge in [-0.15, -0.1) is 11.3 Å². The predicted molar refractivity (Wildman–Crippen MR) is 266 cm³/mol. The molecule has 0 aliphatic rings. The van der Waals surface area contributed by atoms with Gasteiger partial charge in [0.1, 0.15) is 5.52 Å². The van der Waals surface area contributed by atoms with Gasteiger partial charge in [-0.05, 0) is 129 Å². The molecule has 0 bridgehead atoms. The summed E-state index contributed by atoms with van der Waals surface area (Å²) < 4.78 is 8.77. The second kappa shape index (κ2) is 15.4. The van der Waals surface area contributed by atoms with E-state index in [0.717, 1.165) is 56.0 Å². The molecular formula is C59H38N2OS. The van der Waals surface area contributed by atoms with Crippen molar-refractivity contribution in [2.45, 2.75) is 0 Å². The zero-order chi connectivity index (χ0) is 41.7. The first kappa shape index (κ1) is 36.8. The van der Waals surface area contributed by atoms with Gasteiger partial charge in [0, 0.05) is 42.7 Å². The molecule has 12 rings (SSSR count). The van der Waals surface area contributed by atoms with Gasteiger partial charge in [0.05, 0.1) is 5.69 Å². The van der Waals surface area contributed by atoms with Crippen LogP contribution in [-0.2, 0) is 0 Å². The Morgan fingerprint density at radius 1 is 0.365 bits per heavy atom. The summed E-state index contributed by atoms with van der Waals surface area (Å²) in [6.07, 6.45) is 0. The smallest absolute Gasteiger partial charge is 0.227 e. The van der Waals surface area contributed by atoms with E-state index in [9.17, 15) is 0 Å². The lowest BCUT2D eigenvalue weighted by Gasteiger charge is -2.29. The van der Waals surface area contributed by atoms with Gasteiger partial charge in [-0.1, -0.05) is 152 Å². The van der Waals surface area contributed by atoms with E-state index in [2.05, 4.69) is 205 Å². The molecule has 63 heavy (non-hydrogen) atoms. The molecule has 0 radical (unpaired) electrons. The Morgan fingerprint density at radius 3 is 1.75 bits per heavy atom. The molecule has 4 heteroatoms. The van der Waals surface area contributed by atoms with E-state index in [-0.39, 0.29) is 0 Å². The third-order valence-corrected chi connectivity index (χ3v) is 13.2. The fraction of sp³-hybridized carbons (Fsp3) is 0. The minimum Gasteiger partial charge on any atom is -0.436 e. The molecule has 10 aromatic carbocycles. The van der Waals surface area contributed by atoms with Crippen LogP contribution in [0.2, 0.25) is 0 Å². The number of hydrogen-bond acceptors (Lipinski definition) is 4. The Morgan fingerprint density at radius 2 is 0.984 bits per heavy atom. The molecule has 3 nitrogen and oxygen atoms in total. The average Bonchev–Trinajstić information content (AvgIpc) is 3.94. The molecule has 2 heterocycles. The van der Waals surface area contributed by atoms with Crippen LogP contribution in [0.15, 0.2) is 235 Å². The van der Waals surface area contributed by atoms with Crippen molar-refractivity contribution in [1.29, 1.82) is 0 Å². The summed E-state index contributed by atoms with van der Waals surface area (Å²) in [7, 11) is 0. The molecule has 0 atom stereocenters. The molecule has 0 N–H and O–H groups in total. The number of para-hydroxylation sites is 1. The van der Waals surface area contributed by atoms with Crippen molar-refractivity contribution < 1.29 is 4.42 Å². The number of thiophene rings is 1. The lowest BCUT2D eigenvalue weighted by molar-refractivity contribution is 0.620. The minimum atomic E-state index is 0.642. The second-order valence-electron chi connectivity index (χ2n) is 15.9. The summed E-state index contributed by atoms with van der Waals surface area (Å²) in [6, 6.07) is 82.8. The largest absolute Gasteiger partial charge is 0.436 e. The van der Waals surface area contributed by atoms with Gasteiger partial charge in [0.2, 0.25) is 5.89 Å². The molecule has 0 fully saturated rings. The van der Waals surface area contributed by atoms with E-state index in [1.54, 1.807) is 11.3 Å². The van der Waals surface area contributed by atoms with E-state index in [1.165, 1.54) is 53.2 Å². The molecule has 0 amide bonds. The summed E-state index contributed by atoms with van der Waals surface area (Å²) >= 11 is 1.80. The molecular weight excluding hydrogens is 785 g/mol. The van der Waals surface area contributed by atoms with Crippen LogP contribution >= 0.6 is 11.3 Å². The minimum absolute atomic E-state index is 0.642. The van der Waals surface area contributed by atoms with Crippen LogP contribution in [0.3, 0.4) is 0 Å². The maximum absolute atomic E-state index is 6.34. The molecule has 296 valence electrons. The van der Waals surface area contributed by atoms with Gasteiger partial charge in [-0.2, -0.15) is 0 Å². The highest BCUT2D eigenvalue weighted by molar-refractivity contribution is 7.25. The number of aromatic nitrogens is 1. The zero-order valence-electron chi connectivity index (χ0n) is 34.2. The molecule has 12 aromatic rings. The Kier molecular flexibility index (Phi) is 9.02.